The summed E-state index contributed by atoms with van der Waals surface area (Å²) in [4.78, 5) is 30.4. The normalized spacial score (nSPS) is 16.2. The zero-order valence-electron chi connectivity index (χ0n) is 15.4. The highest BCUT2D eigenvalue weighted by Crippen LogP contribution is 2.41. The van der Waals surface area contributed by atoms with Crippen molar-refractivity contribution >= 4 is 28.2 Å². The topological polar surface area (TPSA) is 68.3 Å². The molecule has 3 rings (SSSR count). The summed E-state index contributed by atoms with van der Waals surface area (Å²) >= 11 is 1.51. The first kappa shape index (κ1) is 18.6. The van der Waals surface area contributed by atoms with E-state index in [1.807, 2.05) is 13.8 Å². The molecule has 1 N–H and O–H groups in total. The van der Waals surface area contributed by atoms with Crippen LogP contribution >= 0.6 is 11.3 Å². The van der Waals surface area contributed by atoms with Gasteiger partial charge in [-0.2, -0.15) is 0 Å². The average Bonchev–Trinajstić information content (AvgIpc) is 2.98. The van der Waals surface area contributed by atoms with Gasteiger partial charge in [-0.3, -0.25) is 9.78 Å². The van der Waals surface area contributed by atoms with Crippen molar-refractivity contribution in [3.8, 4) is 0 Å². The number of rotatable bonds is 5. The van der Waals surface area contributed by atoms with Gasteiger partial charge in [0.1, 0.15) is 5.00 Å². The largest absolute Gasteiger partial charge is 0.459 e. The minimum atomic E-state index is -0.350. The van der Waals surface area contributed by atoms with Gasteiger partial charge >= 0.3 is 5.97 Å². The molecule has 0 spiro atoms. The molecular weight excluding hydrogens is 348 g/mol. The second-order valence-electron chi connectivity index (χ2n) is 6.87. The van der Waals surface area contributed by atoms with Gasteiger partial charge in [-0.05, 0) is 56.7 Å². The molecule has 138 valence electrons. The molecule has 0 unspecified atom stereocenters. The molecule has 26 heavy (non-hydrogen) atoms. The Kier molecular flexibility index (Phi) is 5.71. The van der Waals surface area contributed by atoms with Gasteiger partial charge in [0.15, 0.2) is 0 Å². The molecule has 0 saturated heterocycles. The first-order chi connectivity index (χ1) is 12.5. The first-order valence-electron chi connectivity index (χ1n) is 9.06. The molecule has 6 heteroatoms. The average molecular weight is 372 g/mol. The quantitative estimate of drug-likeness (QED) is 0.786. The van der Waals surface area contributed by atoms with Crippen molar-refractivity contribution in [2.45, 2.75) is 52.6 Å². The van der Waals surface area contributed by atoms with Crippen molar-refractivity contribution in [1.82, 2.24) is 4.98 Å². The second-order valence-corrected chi connectivity index (χ2v) is 7.97. The highest BCUT2D eigenvalue weighted by molar-refractivity contribution is 7.17. The molecule has 0 fully saturated rings. The van der Waals surface area contributed by atoms with Crippen molar-refractivity contribution in [2.75, 3.05) is 5.32 Å². The van der Waals surface area contributed by atoms with Gasteiger partial charge in [0.2, 0.25) is 0 Å². The molecule has 0 saturated carbocycles. The fourth-order valence-electron chi connectivity index (χ4n) is 3.26. The number of nitrogens with zero attached hydrogens (tertiary/aromatic N) is 1. The van der Waals surface area contributed by atoms with Gasteiger partial charge in [0.25, 0.3) is 5.91 Å². The van der Waals surface area contributed by atoms with Gasteiger partial charge in [-0.1, -0.05) is 13.3 Å². The number of nitrogens with one attached hydrogen (secondary N) is 1. The lowest BCUT2D eigenvalue weighted by atomic mass is 9.85. The number of pyridine rings is 1. The van der Waals surface area contributed by atoms with E-state index in [0.717, 1.165) is 31.2 Å². The van der Waals surface area contributed by atoms with E-state index in [1.165, 1.54) is 16.2 Å². The predicted octanol–water partition coefficient (Wildman–Crippen LogP) is 4.48. The number of anilines is 1. The van der Waals surface area contributed by atoms with E-state index in [4.69, 9.17) is 4.74 Å². The number of carbonyl (C=O) groups excluding carboxylic acids is 2. The molecule has 0 aromatic carbocycles. The predicted molar refractivity (Wildman–Crippen MR) is 103 cm³/mol. The zero-order chi connectivity index (χ0) is 18.7. The summed E-state index contributed by atoms with van der Waals surface area (Å²) < 4.78 is 5.45. The van der Waals surface area contributed by atoms with Gasteiger partial charge in [0, 0.05) is 22.8 Å². The van der Waals surface area contributed by atoms with E-state index in [-0.39, 0.29) is 18.0 Å². The van der Waals surface area contributed by atoms with Crippen molar-refractivity contribution in [3.63, 3.8) is 0 Å². The molecule has 1 aliphatic rings. The van der Waals surface area contributed by atoms with Crippen molar-refractivity contribution in [3.05, 3.63) is 46.1 Å². The number of hydrogen-bond acceptors (Lipinski definition) is 5. The fourth-order valence-corrected chi connectivity index (χ4v) is 4.60. The first-order valence-corrected chi connectivity index (χ1v) is 9.88. The Labute approximate surface area is 157 Å². The third-order valence-electron chi connectivity index (χ3n) is 4.66. The summed E-state index contributed by atoms with van der Waals surface area (Å²) in [6.45, 7) is 5.86. The third kappa shape index (κ3) is 3.96. The summed E-state index contributed by atoms with van der Waals surface area (Å²) in [7, 11) is 0. The van der Waals surface area contributed by atoms with E-state index in [0.29, 0.717) is 22.0 Å². The monoisotopic (exact) mass is 372 g/mol. The van der Waals surface area contributed by atoms with E-state index in [1.54, 1.807) is 24.5 Å². The molecule has 1 aliphatic carbocycles. The van der Waals surface area contributed by atoms with Crippen molar-refractivity contribution in [1.29, 1.82) is 0 Å². The van der Waals surface area contributed by atoms with Crippen LogP contribution in [0.15, 0.2) is 24.5 Å². The van der Waals surface area contributed by atoms with Crippen LogP contribution in [0, 0.1) is 5.92 Å². The lowest BCUT2D eigenvalue weighted by molar-refractivity contribution is 0.0378. The van der Waals surface area contributed by atoms with E-state index in [2.05, 4.69) is 17.2 Å². The molecule has 0 radical (unpaired) electrons. The Morgan fingerprint density at radius 3 is 2.73 bits per heavy atom. The molecule has 5 nitrogen and oxygen atoms in total. The zero-order valence-corrected chi connectivity index (χ0v) is 16.2. The Morgan fingerprint density at radius 2 is 2.08 bits per heavy atom. The minimum absolute atomic E-state index is 0.200. The summed E-state index contributed by atoms with van der Waals surface area (Å²) in [5, 5.41) is 3.52. The van der Waals surface area contributed by atoms with Gasteiger partial charge in [-0.15, -0.1) is 11.3 Å². The second kappa shape index (κ2) is 7.99. The summed E-state index contributed by atoms with van der Waals surface area (Å²) in [6, 6.07) is 3.31. The molecule has 2 aromatic rings. The Balaban J connectivity index is 1.94. The molecule has 0 aliphatic heterocycles. The number of esters is 1. The van der Waals surface area contributed by atoms with Crippen LogP contribution in [0.2, 0.25) is 0 Å². The molecule has 2 heterocycles. The van der Waals surface area contributed by atoms with Crippen LogP contribution in [0.4, 0.5) is 5.00 Å². The van der Waals surface area contributed by atoms with Gasteiger partial charge in [-0.25, -0.2) is 4.79 Å². The number of amides is 1. The van der Waals surface area contributed by atoms with Crippen LogP contribution in [-0.2, 0) is 17.6 Å². The molecule has 2 aromatic heterocycles. The van der Waals surface area contributed by atoms with Crippen molar-refractivity contribution < 1.29 is 14.3 Å². The fraction of sp³-hybridized carbons (Fsp3) is 0.450. The summed E-state index contributed by atoms with van der Waals surface area (Å²) in [5.74, 6) is 0.0491. The maximum atomic E-state index is 12.7. The molecule has 1 amide bonds. The summed E-state index contributed by atoms with van der Waals surface area (Å²) in [6.07, 6.45) is 6.97. The number of thiophene rings is 1. The molecule has 1 atom stereocenters. The number of fused-ring (bicyclic) bond motifs is 1. The Hall–Kier alpha value is -2.21. The highest BCUT2D eigenvalue weighted by Gasteiger charge is 2.30. The van der Waals surface area contributed by atoms with Gasteiger partial charge in [0.05, 0.1) is 11.7 Å². The van der Waals surface area contributed by atoms with Crippen LogP contribution < -0.4 is 5.32 Å². The summed E-state index contributed by atoms with van der Waals surface area (Å²) in [5.41, 5.74) is 2.10. The maximum Gasteiger partial charge on any atom is 0.341 e. The van der Waals surface area contributed by atoms with Crippen LogP contribution in [0.3, 0.4) is 0 Å². The van der Waals surface area contributed by atoms with Crippen LogP contribution in [0.25, 0.3) is 0 Å². The van der Waals surface area contributed by atoms with Crippen LogP contribution in [0.5, 0.6) is 0 Å². The Morgan fingerprint density at radius 1 is 1.35 bits per heavy atom. The number of aromatic nitrogens is 1. The molecular formula is C20H24N2O3S. The lowest BCUT2D eigenvalue weighted by Crippen LogP contribution is -2.19. The van der Waals surface area contributed by atoms with Crippen LogP contribution in [0.1, 0.15) is 64.8 Å². The maximum absolute atomic E-state index is 12.7. The third-order valence-corrected chi connectivity index (χ3v) is 5.83. The van der Waals surface area contributed by atoms with E-state index < -0.39 is 0 Å². The van der Waals surface area contributed by atoms with Crippen LogP contribution in [-0.4, -0.2) is 23.0 Å². The standard InChI is InChI=1S/C20H24N2O3S/c1-4-13-5-6-15-16(11-13)26-19(17(15)20(24)25-12(2)3)22-18(23)14-7-9-21-10-8-14/h7-10,12-13H,4-6,11H2,1-3H3,(H,22,23)/t13-/m1/s1. The Bertz CT molecular complexity index is 799. The van der Waals surface area contributed by atoms with E-state index >= 15 is 0 Å². The number of ether oxygens (including phenoxy) is 1. The molecule has 0 bridgehead atoms. The van der Waals surface area contributed by atoms with Gasteiger partial charge < -0.3 is 10.1 Å². The van der Waals surface area contributed by atoms with E-state index in [9.17, 15) is 9.59 Å². The number of hydrogen-bond donors (Lipinski definition) is 1. The SMILES string of the molecule is CC[C@@H]1CCc2c(sc(NC(=O)c3ccncc3)c2C(=O)OC(C)C)C1. The van der Waals surface area contributed by atoms with Crippen molar-refractivity contribution in [2.24, 2.45) is 5.92 Å². The number of carbonyl (C=O) groups is 2. The minimum Gasteiger partial charge on any atom is -0.459 e. The smallest absolute Gasteiger partial charge is 0.341 e. The lowest BCUT2D eigenvalue weighted by Gasteiger charge is -2.21. The highest BCUT2D eigenvalue weighted by atomic mass is 32.1.